The number of aromatic nitrogens is 3. The molecule has 1 amide bonds. The minimum Gasteiger partial charge on any atom is -0.489 e. The molecule has 0 radical (unpaired) electrons. The van der Waals surface area contributed by atoms with Gasteiger partial charge in [-0.25, -0.2) is 4.39 Å². The molecule has 2 aromatic heterocycles. The summed E-state index contributed by atoms with van der Waals surface area (Å²) in [6, 6.07) is 13.1. The van der Waals surface area contributed by atoms with Crippen LogP contribution >= 0.6 is 15.9 Å². The predicted molar refractivity (Wildman–Crippen MR) is 120 cm³/mol. The Morgan fingerprint density at radius 2 is 2.00 bits per heavy atom. The zero-order valence-corrected chi connectivity index (χ0v) is 19.0. The van der Waals surface area contributed by atoms with E-state index in [9.17, 15) is 9.18 Å². The van der Waals surface area contributed by atoms with Crippen molar-refractivity contribution in [1.82, 2.24) is 14.9 Å². The highest BCUT2D eigenvalue weighted by Crippen LogP contribution is 2.23. The number of halogens is 2. The van der Waals surface area contributed by atoms with Crippen molar-refractivity contribution in [3.63, 3.8) is 0 Å². The zero-order chi connectivity index (χ0) is 22.7. The molecule has 0 saturated heterocycles. The van der Waals surface area contributed by atoms with Crippen LogP contribution in [0.15, 0.2) is 63.7 Å². The Balaban J connectivity index is 1.42. The van der Waals surface area contributed by atoms with Gasteiger partial charge in [-0.3, -0.25) is 9.48 Å². The average molecular weight is 499 g/mol. The van der Waals surface area contributed by atoms with Crippen LogP contribution in [0.5, 0.6) is 5.75 Å². The molecule has 0 aliphatic heterocycles. The summed E-state index contributed by atoms with van der Waals surface area (Å²) in [6.45, 7) is 4.42. The van der Waals surface area contributed by atoms with Gasteiger partial charge in [0.15, 0.2) is 5.82 Å². The first kappa shape index (κ1) is 21.8. The lowest BCUT2D eigenvalue weighted by Crippen LogP contribution is -2.13. The number of ether oxygens (including phenoxy) is 1. The van der Waals surface area contributed by atoms with Crippen LogP contribution in [0.25, 0.3) is 0 Å². The molecule has 1 N–H and O–H groups in total. The van der Waals surface area contributed by atoms with E-state index in [1.54, 1.807) is 47.3 Å². The van der Waals surface area contributed by atoms with Crippen LogP contribution in [-0.2, 0) is 13.2 Å². The summed E-state index contributed by atoms with van der Waals surface area (Å²) in [7, 11) is 0. The van der Waals surface area contributed by atoms with Crippen LogP contribution in [-0.4, -0.2) is 20.8 Å². The minimum absolute atomic E-state index is 0.291. The number of amides is 1. The first-order valence-corrected chi connectivity index (χ1v) is 10.6. The molecule has 164 valence electrons. The summed E-state index contributed by atoms with van der Waals surface area (Å²) in [6.07, 6.45) is 1.75. The Morgan fingerprint density at radius 1 is 1.22 bits per heavy atom. The van der Waals surface area contributed by atoms with Gasteiger partial charge in [0, 0.05) is 11.8 Å². The number of benzene rings is 2. The Labute approximate surface area is 192 Å². The first-order valence-electron chi connectivity index (χ1n) is 9.82. The summed E-state index contributed by atoms with van der Waals surface area (Å²) in [5, 5.41) is 11.1. The van der Waals surface area contributed by atoms with Crippen molar-refractivity contribution in [2.75, 3.05) is 5.32 Å². The molecule has 2 heterocycles. The van der Waals surface area contributed by atoms with Gasteiger partial charge >= 0.3 is 0 Å². The molecule has 9 heteroatoms. The molecule has 2 aromatic carbocycles. The van der Waals surface area contributed by atoms with E-state index >= 15 is 0 Å². The molecule has 0 saturated carbocycles. The van der Waals surface area contributed by atoms with E-state index in [1.807, 2.05) is 13.8 Å². The van der Waals surface area contributed by atoms with Gasteiger partial charge in [-0.2, -0.15) is 5.10 Å². The quantitative estimate of drug-likeness (QED) is 0.375. The molecule has 0 aliphatic rings. The van der Waals surface area contributed by atoms with Gasteiger partial charge in [0.25, 0.3) is 5.91 Å². The van der Waals surface area contributed by atoms with E-state index in [4.69, 9.17) is 9.26 Å². The predicted octanol–water partition coefficient (Wildman–Crippen LogP) is 5.27. The number of nitrogens with zero attached hydrogens (tertiary/aromatic N) is 3. The molecule has 4 rings (SSSR count). The lowest BCUT2D eigenvalue weighted by molar-refractivity contribution is 0.102. The summed E-state index contributed by atoms with van der Waals surface area (Å²) < 4.78 is 26.4. The fourth-order valence-corrected chi connectivity index (χ4v) is 3.52. The third-order valence-electron chi connectivity index (χ3n) is 4.87. The second-order valence-electron chi connectivity index (χ2n) is 7.22. The molecule has 32 heavy (non-hydrogen) atoms. The molecule has 0 spiro atoms. The molecule has 0 fully saturated rings. The molecule has 4 aromatic rings. The number of hydrogen-bond donors (Lipinski definition) is 1. The molecular formula is C23H20BrFN4O3. The normalized spacial score (nSPS) is 10.9. The van der Waals surface area contributed by atoms with Gasteiger partial charge in [-0.05, 0) is 65.7 Å². The lowest BCUT2D eigenvalue weighted by Gasteiger charge is -2.08. The summed E-state index contributed by atoms with van der Waals surface area (Å²) in [5.74, 6) is 1.04. The Morgan fingerprint density at radius 3 is 2.72 bits per heavy atom. The maximum absolute atomic E-state index is 13.1. The van der Waals surface area contributed by atoms with Gasteiger partial charge in [-0.1, -0.05) is 23.4 Å². The molecule has 0 aliphatic carbocycles. The van der Waals surface area contributed by atoms with Crippen molar-refractivity contribution in [3.05, 3.63) is 93.2 Å². The standard InChI is InChI=1S/C23H20BrFN4O3/c1-14-20(15(2)32-28-14)13-31-19-5-3-4-17(10-19)23(30)26-22-21(24)12-29(27-22)11-16-6-8-18(25)9-7-16/h3-10,12H,11,13H2,1-2H3,(H,26,27,30). The van der Waals surface area contributed by atoms with E-state index in [-0.39, 0.29) is 11.7 Å². The van der Waals surface area contributed by atoms with Gasteiger partial charge in [0.1, 0.15) is 23.9 Å². The number of hydrogen-bond acceptors (Lipinski definition) is 5. The SMILES string of the molecule is Cc1noc(C)c1COc1cccc(C(=O)Nc2nn(Cc3ccc(F)cc3)cc2Br)c1. The average Bonchev–Trinajstić information content (AvgIpc) is 3.29. The van der Waals surface area contributed by atoms with Crippen LogP contribution in [0.3, 0.4) is 0 Å². The number of nitrogens with one attached hydrogen (secondary N) is 1. The number of anilines is 1. The second kappa shape index (κ2) is 9.35. The second-order valence-corrected chi connectivity index (χ2v) is 8.08. The minimum atomic E-state index is -0.319. The smallest absolute Gasteiger partial charge is 0.257 e. The van der Waals surface area contributed by atoms with E-state index < -0.39 is 0 Å². The van der Waals surface area contributed by atoms with Crippen LogP contribution in [0, 0.1) is 19.7 Å². The maximum atomic E-state index is 13.1. The molecule has 7 nitrogen and oxygen atoms in total. The summed E-state index contributed by atoms with van der Waals surface area (Å²) in [5.41, 5.74) is 2.98. The molecule has 0 bridgehead atoms. The van der Waals surface area contributed by atoms with E-state index in [0.29, 0.717) is 40.5 Å². The van der Waals surface area contributed by atoms with Gasteiger partial charge in [0.05, 0.1) is 22.3 Å². The van der Waals surface area contributed by atoms with Crippen LogP contribution in [0.2, 0.25) is 0 Å². The Hall–Kier alpha value is -3.46. The van der Waals surface area contributed by atoms with Gasteiger partial charge in [0.2, 0.25) is 0 Å². The van der Waals surface area contributed by atoms with Crippen molar-refractivity contribution in [2.45, 2.75) is 27.0 Å². The van der Waals surface area contributed by atoms with Crippen LogP contribution in [0.4, 0.5) is 10.2 Å². The molecule has 0 unspecified atom stereocenters. The topological polar surface area (TPSA) is 82.2 Å². The highest BCUT2D eigenvalue weighted by atomic mass is 79.9. The fourth-order valence-electron chi connectivity index (χ4n) is 3.11. The van der Waals surface area contributed by atoms with E-state index in [1.165, 1.54) is 12.1 Å². The molecule has 0 atom stereocenters. The van der Waals surface area contributed by atoms with E-state index in [0.717, 1.165) is 16.8 Å². The van der Waals surface area contributed by atoms with Crippen molar-refractivity contribution < 1.29 is 18.4 Å². The largest absolute Gasteiger partial charge is 0.489 e. The van der Waals surface area contributed by atoms with Gasteiger partial charge < -0.3 is 14.6 Å². The van der Waals surface area contributed by atoms with Crippen molar-refractivity contribution in [2.24, 2.45) is 0 Å². The highest BCUT2D eigenvalue weighted by molar-refractivity contribution is 9.10. The zero-order valence-electron chi connectivity index (χ0n) is 17.4. The number of carbonyl (C=O) groups excluding carboxylic acids is 1. The molecular weight excluding hydrogens is 479 g/mol. The van der Waals surface area contributed by atoms with E-state index in [2.05, 4.69) is 31.5 Å². The fraction of sp³-hybridized carbons (Fsp3) is 0.174. The Bertz CT molecular complexity index is 1230. The third-order valence-corrected chi connectivity index (χ3v) is 5.45. The third kappa shape index (κ3) is 5.05. The van der Waals surface area contributed by atoms with Crippen LogP contribution < -0.4 is 10.1 Å². The Kier molecular flexibility index (Phi) is 6.36. The summed E-state index contributed by atoms with van der Waals surface area (Å²) >= 11 is 3.42. The number of carbonyl (C=O) groups is 1. The maximum Gasteiger partial charge on any atom is 0.257 e. The van der Waals surface area contributed by atoms with Crippen molar-refractivity contribution in [1.29, 1.82) is 0 Å². The monoisotopic (exact) mass is 498 g/mol. The van der Waals surface area contributed by atoms with Crippen LogP contribution in [0.1, 0.15) is 32.9 Å². The lowest BCUT2D eigenvalue weighted by atomic mass is 10.2. The first-order chi connectivity index (χ1) is 15.4. The highest BCUT2D eigenvalue weighted by Gasteiger charge is 2.14. The number of rotatable bonds is 7. The van der Waals surface area contributed by atoms with Crippen molar-refractivity contribution in [3.8, 4) is 5.75 Å². The van der Waals surface area contributed by atoms with Gasteiger partial charge in [-0.15, -0.1) is 0 Å². The number of aryl methyl sites for hydroxylation is 2. The van der Waals surface area contributed by atoms with Crippen molar-refractivity contribution >= 4 is 27.7 Å². The summed E-state index contributed by atoms with van der Waals surface area (Å²) in [4.78, 5) is 12.8.